The van der Waals surface area contributed by atoms with Crippen molar-refractivity contribution in [3.8, 4) is 5.75 Å². The summed E-state index contributed by atoms with van der Waals surface area (Å²) in [6.45, 7) is 0. The van der Waals surface area contributed by atoms with E-state index in [1.165, 1.54) is 0 Å². The summed E-state index contributed by atoms with van der Waals surface area (Å²) in [5.74, 6) is 7.30. The van der Waals surface area contributed by atoms with Crippen LogP contribution in [0.4, 0.5) is 0 Å². The molecule has 1 rings (SSSR count). The first-order chi connectivity index (χ1) is 6.83. The summed E-state index contributed by atoms with van der Waals surface area (Å²) in [5, 5.41) is 0. The van der Waals surface area contributed by atoms with Crippen LogP contribution < -0.4 is 16.0 Å². The fourth-order valence-electron chi connectivity index (χ4n) is 1.35. The summed E-state index contributed by atoms with van der Waals surface area (Å²) in [5.41, 5.74) is 3.90. The molecule has 0 aliphatic carbocycles. The Morgan fingerprint density at radius 2 is 2.21 bits per heavy atom. The molecule has 1 atom stereocenters. The lowest BCUT2D eigenvalue weighted by Gasteiger charge is -2.17. The van der Waals surface area contributed by atoms with Crippen molar-refractivity contribution >= 4 is 11.8 Å². The molecule has 1 unspecified atom stereocenters. The van der Waals surface area contributed by atoms with Gasteiger partial charge in [-0.15, -0.1) is 0 Å². The first-order valence-corrected chi connectivity index (χ1v) is 5.80. The van der Waals surface area contributed by atoms with E-state index in [1.807, 2.05) is 24.3 Å². The Morgan fingerprint density at radius 3 is 2.79 bits per heavy atom. The Balaban J connectivity index is 2.90. The van der Waals surface area contributed by atoms with Crippen molar-refractivity contribution < 1.29 is 4.74 Å². The van der Waals surface area contributed by atoms with Crippen molar-refractivity contribution in [3.63, 3.8) is 0 Å². The Labute approximate surface area is 89.0 Å². The normalized spacial score (nSPS) is 12.5. The summed E-state index contributed by atoms with van der Waals surface area (Å²) in [6, 6.07) is 8.05. The number of hydrazine groups is 1. The van der Waals surface area contributed by atoms with Gasteiger partial charge in [0.1, 0.15) is 5.75 Å². The summed E-state index contributed by atoms with van der Waals surface area (Å²) < 4.78 is 5.27. The molecular formula is C10H16N2OS. The van der Waals surface area contributed by atoms with Crippen molar-refractivity contribution in [2.75, 3.05) is 19.1 Å². The standard InChI is InChI=1S/C10H16N2OS/c1-13-10-6-4-3-5-8(10)9(12-11)7-14-2/h3-6,9,12H,7,11H2,1-2H3. The lowest BCUT2D eigenvalue weighted by atomic mass is 10.1. The van der Waals surface area contributed by atoms with Gasteiger partial charge >= 0.3 is 0 Å². The van der Waals surface area contributed by atoms with Gasteiger partial charge in [0, 0.05) is 11.3 Å². The molecule has 0 spiro atoms. The highest BCUT2D eigenvalue weighted by atomic mass is 32.2. The van der Waals surface area contributed by atoms with Gasteiger partial charge < -0.3 is 4.74 Å². The van der Waals surface area contributed by atoms with E-state index in [0.717, 1.165) is 17.1 Å². The van der Waals surface area contributed by atoms with Gasteiger partial charge in [0.05, 0.1) is 13.2 Å². The number of benzene rings is 1. The number of thioether (sulfide) groups is 1. The Bertz CT molecular complexity index is 281. The van der Waals surface area contributed by atoms with Crippen LogP contribution in [0.3, 0.4) is 0 Å². The number of rotatable bonds is 5. The smallest absolute Gasteiger partial charge is 0.123 e. The van der Waals surface area contributed by atoms with Crippen LogP contribution in [0, 0.1) is 0 Å². The summed E-state index contributed by atoms with van der Waals surface area (Å²) >= 11 is 1.75. The topological polar surface area (TPSA) is 47.3 Å². The van der Waals surface area contributed by atoms with E-state index in [4.69, 9.17) is 10.6 Å². The molecule has 0 aromatic heterocycles. The number of hydrogen-bond acceptors (Lipinski definition) is 4. The summed E-state index contributed by atoms with van der Waals surface area (Å²) in [4.78, 5) is 0. The van der Waals surface area contributed by atoms with Crippen molar-refractivity contribution in [2.45, 2.75) is 6.04 Å². The van der Waals surface area contributed by atoms with E-state index in [9.17, 15) is 0 Å². The van der Waals surface area contributed by atoms with Gasteiger partial charge in [-0.05, 0) is 12.3 Å². The summed E-state index contributed by atoms with van der Waals surface area (Å²) in [6.07, 6.45) is 2.06. The van der Waals surface area contributed by atoms with Crippen LogP contribution >= 0.6 is 11.8 Å². The molecule has 0 radical (unpaired) electrons. The van der Waals surface area contributed by atoms with Crippen LogP contribution in [0.1, 0.15) is 11.6 Å². The molecule has 4 heteroatoms. The fraction of sp³-hybridized carbons (Fsp3) is 0.400. The molecule has 1 aromatic carbocycles. The molecule has 1 aromatic rings. The van der Waals surface area contributed by atoms with Crippen LogP contribution in [-0.2, 0) is 0 Å². The minimum absolute atomic E-state index is 0.140. The number of para-hydroxylation sites is 1. The second-order valence-electron chi connectivity index (χ2n) is 2.92. The zero-order valence-corrected chi connectivity index (χ0v) is 9.30. The lowest BCUT2D eigenvalue weighted by molar-refractivity contribution is 0.403. The largest absolute Gasteiger partial charge is 0.496 e. The summed E-state index contributed by atoms with van der Waals surface area (Å²) in [7, 11) is 1.67. The highest BCUT2D eigenvalue weighted by Crippen LogP contribution is 2.25. The number of ether oxygens (including phenoxy) is 1. The van der Waals surface area contributed by atoms with Crippen LogP contribution in [0.2, 0.25) is 0 Å². The molecule has 3 nitrogen and oxygen atoms in total. The van der Waals surface area contributed by atoms with Crippen molar-refractivity contribution in [2.24, 2.45) is 5.84 Å². The van der Waals surface area contributed by atoms with Crippen LogP contribution in [0.5, 0.6) is 5.75 Å². The van der Waals surface area contributed by atoms with Gasteiger partial charge in [0.2, 0.25) is 0 Å². The molecule has 3 N–H and O–H groups in total. The van der Waals surface area contributed by atoms with E-state index in [-0.39, 0.29) is 6.04 Å². The molecule has 78 valence electrons. The predicted octanol–water partition coefficient (Wildman–Crippen LogP) is 1.56. The molecule has 0 aliphatic heterocycles. The van der Waals surface area contributed by atoms with Gasteiger partial charge in [-0.2, -0.15) is 11.8 Å². The van der Waals surface area contributed by atoms with Gasteiger partial charge in [-0.25, -0.2) is 0 Å². The quantitative estimate of drug-likeness (QED) is 0.574. The van der Waals surface area contributed by atoms with Crippen LogP contribution in [-0.4, -0.2) is 19.1 Å². The molecule has 0 fully saturated rings. The molecule has 0 saturated heterocycles. The predicted molar refractivity (Wildman–Crippen MR) is 61.4 cm³/mol. The van der Waals surface area contributed by atoms with E-state index >= 15 is 0 Å². The fourth-order valence-corrected chi connectivity index (χ4v) is 1.96. The molecular weight excluding hydrogens is 196 g/mol. The number of nitrogens with two attached hydrogens (primary N) is 1. The third kappa shape index (κ3) is 2.64. The zero-order valence-electron chi connectivity index (χ0n) is 8.49. The van der Waals surface area contributed by atoms with Gasteiger partial charge in [0.15, 0.2) is 0 Å². The molecule has 14 heavy (non-hydrogen) atoms. The third-order valence-corrected chi connectivity index (χ3v) is 2.72. The van der Waals surface area contributed by atoms with E-state index in [1.54, 1.807) is 18.9 Å². The lowest BCUT2D eigenvalue weighted by Crippen LogP contribution is -2.29. The second-order valence-corrected chi connectivity index (χ2v) is 3.83. The number of methoxy groups -OCH3 is 1. The van der Waals surface area contributed by atoms with Crippen molar-refractivity contribution in [1.29, 1.82) is 0 Å². The Hall–Kier alpha value is -0.710. The minimum atomic E-state index is 0.140. The SMILES string of the molecule is COc1ccccc1C(CSC)NN. The van der Waals surface area contributed by atoms with Crippen molar-refractivity contribution in [1.82, 2.24) is 5.43 Å². The average Bonchev–Trinajstić information content (AvgIpc) is 2.26. The third-order valence-electron chi connectivity index (χ3n) is 2.05. The van der Waals surface area contributed by atoms with Crippen LogP contribution in [0.25, 0.3) is 0 Å². The first-order valence-electron chi connectivity index (χ1n) is 4.41. The molecule has 0 aliphatic rings. The highest BCUT2D eigenvalue weighted by Gasteiger charge is 2.12. The van der Waals surface area contributed by atoms with E-state index in [2.05, 4.69) is 11.7 Å². The maximum absolute atomic E-state index is 5.50. The highest BCUT2D eigenvalue weighted by molar-refractivity contribution is 7.98. The van der Waals surface area contributed by atoms with Crippen LogP contribution in [0.15, 0.2) is 24.3 Å². The maximum atomic E-state index is 5.50. The van der Waals surface area contributed by atoms with Gasteiger partial charge in [-0.3, -0.25) is 11.3 Å². The Kier molecular flexibility index (Phi) is 4.79. The molecule has 0 saturated carbocycles. The zero-order chi connectivity index (χ0) is 10.4. The minimum Gasteiger partial charge on any atom is -0.496 e. The van der Waals surface area contributed by atoms with Gasteiger partial charge in [-0.1, -0.05) is 18.2 Å². The van der Waals surface area contributed by atoms with E-state index in [0.29, 0.717) is 0 Å². The Morgan fingerprint density at radius 1 is 1.50 bits per heavy atom. The molecule has 0 bridgehead atoms. The molecule has 0 heterocycles. The molecule has 0 amide bonds. The second kappa shape index (κ2) is 5.90. The monoisotopic (exact) mass is 212 g/mol. The van der Waals surface area contributed by atoms with Gasteiger partial charge in [0.25, 0.3) is 0 Å². The number of nitrogens with one attached hydrogen (secondary N) is 1. The first kappa shape index (κ1) is 11.4. The maximum Gasteiger partial charge on any atom is 0.123 e. The van der Waals surface area contributed by atoms with Crippen molar-refractivity contribution in [3.05, 3.63) is 29.8 Å². The van der Waals surface area contributed by atoms with E-state index < -0.39 is 0 Å². The average molecular weight is 212 g/mol. The number of hydrogen-bond donors (Lipinski definition) is 2.